The summed E-state index contributed by atoms with van der Waals surface area (Å²) in [5.74, 6) is -0.00962. The quantitative estimate of drug-likeness (QED) is 0.896. The smallest absolute Gasteiger partial charge is 0.230 e. The highest BCUT2D eigenvalue weighted by Gasteiger charge is 2.50. The average Bonchev–Trinajstić information content (AvgIpc) is 2.92. The summed E-state index contributed by atoms with van der Waals surface area (Å²) in [5.41, 5.74) is 0.227. The van der Waals surface area contributed by atoms with Crippen LogP contribution in [0, 0.1) is 17.3 Å². The maximum atomic E-state index is 14.2. The Bertz CT molecular complexity index is 644. The number of aliphatic hydroxyl groups excluding tert-OH is 1. The predicted octanol–water partition coefficient (Wildman–Crippen LogP) is 2.75. The molecule has 25 heavy (non-hydrogen) atoms. The van der Waals surface area contributed by atoms with Crippen molar-refractivity contribution in [2.45, 2.75) is 57.1 Å². The molecule has 4 nitrogen and oxygen atoms in total. The molecule has 135 valence electrons. The van der Waals surface area contributed by atoms with Gasteiger partial charge in [-0.2, -0.15) is 0 Å². The number of amides is 1. The number of piperidine rings is 1. The van der Waals surface area contributed by atoms with Crippen LogP contribution in [0.3, 0.4) is 0 Å². The third-order valence-electron chi connectivity index (χ3n) is 6.36. The number of carbonyl (C=O) groups is 1. The first-order valence-electron chi connectivity index (χ1n) is 9.49. The molecule has 0 aromatic heterocycles. The molecule has 3 fully saturated rings. The third-order valence-corrected chi connectivity index (χ3v) is 6.36. The summed E-state index contributed by atoms with van der Waals surface area (Å²) in [5, 5.41) is 9.72. The molecule has 0 bridgehead atoms. The molecular formula is C20H26FN2O2. The van der Waals surface area contributed by atoms with Crippen molar-refractivity contribution in [3.63, 3.8) is 0 Å². The maximum Gasteiger partial charge on any atom is 0.230 e. The fourth-order valence-electron chi connectivity index (χ4n) is 4.94. The Labute approximate surface area is 148 Å². The molecular weight excluding hydrogens is 319 g/mol. The first kappa shape index (κ1) is 16.8. The second-order valence-electron chi connectivity index (χ2n) is 7.89. The average molecular weight is 345 g/mol. The molecule has 2 saturated heterocycles. The zero-order valence-corrected chi connectivity index (χ0v) is 14.6. The molecule has 1 amide bonds. The number of likely N-dealkylation sites (tertiary alicyclic amines) is 1. The minimum Gasteiger partial charge on any atom is -0.393 e. The molecule has 1 N–H and O–H groups in total. The van der Waals surface area contributed by atoms with Gasteiger partial charge in [0.05, 0.1) is 17.2 Å². The fourth-order valence-corrected chi connectivity index (χ4v) is 4.94. The number of anilines is 1. The Morgan fingerprint density at radius 3 is 2.76 bits per heavy atom. The van der Waals surface area contributed by atoms with Crippen molar-refractivity contribution in [3.8, 4) is 0 Å². The van der Waals surface area contributed by atoms with Crippen LogP contribution < -0.4 is 4.90 Å². The van der Waals surface area contributed by atoms with E-state index in [-0.39, 0.29) is 29.3 Å². The summed E-state index contributed by atoms with van der Waals surface area (Å²) < 4.78 is 14.2. The van der Waals surface area contributed by atoms with E-state index in [1.54, 1.807) is 12.1 Å². The van der Waals surface area contributed by atoms with Gasteiger partial charge >= 0.3 is 0 Å². The van der Waals surface area contributed by atoms with E-state index in [1.807, 2.05) is 4.90 Å². The van der Waals surface area contributed by atoms with Crippen molar-refractivity contribution in [1.82, 2.24) is 4.90 Å². The first-order chi connectivity index (χ1) is 12.1. The van der Waals surface area contributed by atoms with E-state index in [9.17, 15) is 14.3 Å². The number of carbonyl (C=O) groups excluding carboxylic acids is 1. The second kappa shape index (κ2) is 6.60. The van der Waals surface area contributed by atoms with E-state index >= 15 is 0 Å². The van der Waals surface area contributed by atoms with Crippen LogP contribution in [0.15, 0.2) is 18.2 Å². The number of benzene rings is 1. The Balaban J connectivity index is 1.50. The molecule has 1 atom stereocenters. The molecule has 3 aliphatic rings. The lowest BCUT2D eigenvalue weighted by Crippen LogP contribution is -2.50. The van der Waals surface area contributed by atoms with Gasteiger partial charge in [0.2, 0.25) is 5.91 Å². The van der Waals surface area contributed by atoms with Gasteiger partial charge in [0.15, 0.2) is 0 Å². The summed E-state index contributed by atoms with van der Waals surface area (Å²) >= 11 is 0. The van der Waals surface area contributed by atoms with Gasteiger partial charge in [0.25, 0.3) is 0 Å². The number of nitrogens with zero attached hydrogens (tertiary/aromatic N) is 2. The van der Waals surface area contributed by atoms with Gasteiger partial charge in [0, 0.05) is 25.7 Å². The maximum absolute atomic E-state index is 14.2. The van der Waals surface area contributed by atoms with E-state index in [0.717, 1.165) is 58.0 Å². The number of hydrogen-bond donors (Lipinski definition) is 1. The number of aliphatic hydroxyl groups is 1. The van der Waals surface area contributed by atoms with Crippen molar-refractivity contribution in [2.24, 2.45) is 5.41 Å². The second-order valence-corrected chi connectivity index (χ2v) is 7.89. The highest BCUT2D eigenvalue weighted by atomic mass is 19.1. The Morgan fingerprint density at radius 2 is 2.00 bits per heavy atom. The van der Waals surface area contributed by atoms with Crippen LogP contribution in [0.4, 0.5) is 10.1 Å². The van der Waals surface area contributed by atoms with E-state index in [0.29, 0.717) is 12.2 Å². The van der Waals surface area contributed by atoms with Gasteiger partial charge in [-0.1, -0.05) is 6.07 Å². The van der Waals surface area contributed by atoms with Gasteiger partial charge in [0.1, 0.15) is 5.82 Å². The number of rotatable bonds is 2. The molecule has 0 unspecified atom stereocenters. The van der Waals surface area contributed by atoms with Crippen LogP contribution in [0.5, 0.6) is 0 Å². The van der Waals surface area contributed by atoms with E-state index in [2.05, 4.69) is 11.0 Å². The topological polar surface area (TPSA) is 43.8 Å². The molecule has 1 aliphatic carbocycles. The van der Waals surface area contributed by atoms with Crippen LogP contribution in [0.25, 0.3) is 0 Å². The Morgan fingerprint density at radius 1 is 1.20 bits per heavy atom. The normalized spacial score (nSPS) is 33.3. The molecule has 1 aromatic rings. The zero-order valence-electron chi connectivity index (χ0n) is 14.6. The molecule has 1 saturated carbocycles. The zero-order chi connectivity index (χ0) is 17.4. The van der Waals surface area contributed by atoms with Gasteiger partial charge in [-0.15, -0.1) is 0 Å². The SMILES string of the molecule is O=C1N([C@H]2CC[C@H](O)CC2)CC[C@@]12CCCN(c1cc[c]cc1F)C2. The largest absolute Gasteiger partial charge is 0.393 e. The van der Waals surface area contributed by atoms with E-state index in [1.165, 1.54) is 6.07 Å². The Hall–Kier alpha value is -1.62. The van der Waals surface area contributed by atoms with Gasteiger partial charge in [-0.05, 0) is 63.1 Å². The minimum atomic E-state index is -0.361. The van der Waals surface area contributed by atoms with Gasteiger partial charge in [-0.3, -0.25) is 4.79 Å². The van der Waals surface area contributed by atoms with E-state index < -0.39 is 0 Å². The van der Waals surface area contributed by atoms with Crippen LogP contribution in [0.2, 0.25) is 0 Å². The lowest BCUT2D eigenvalue weighted by molar-refractivity contribution is -0.139. The highest BCUT2D eigenvalue weighted by Crippen LogP contribution is 2.43. The third kappa shape index (κ3) is 3.03. The summed E-state index contributed by atoms with van der Waals surface area (Å²) in [6.45, 7) is 2.21. The van der Waals surface area contributed by atoms with Crippen molar-refractivity contribution in [1.29, 1.82) is 0 Å². The summed E-state index contributed by atoms with van der Waals surface area (Å²) in [7, 11) is 0. The van der Waals surface area contributed by atoms with Crippen LogP contribution in [-0.4, -0.2) is 47.7 Å². The Kier molecular flexibility index (Phi) is 4.44. The van der Waals surface area contributed by atoms with Crippen LogP contribution in [0.1, 0.15) is 44.9 Å². The predicted molar refractivity (Wildman–Crippen MR) is 93.7 cm³/mol. The fraction of sp³-hybridized carbons (Fsp3) is 0.650. The molecule has 1 aromatic carbocycles. The van der Waals surface area contributed by atoms with E-state index in [4.69, 9.17) is 0 Å². The lowest BCUT2D eigenvalue weighted by atomic mass is 9.78. The molecule has 2 heterocycles. The summed E-state index contributed by atoms with van der Waals surface area (Å²) in [6.07, 6.45) is 5.85. The number of hydrogen-bond acceptors (Lipinski definition) is 3. The van der Waals surface area contributed by atoms with Crippen molar-refractivity contribution < 1.29 is 14.3 Å². The molecule has 1 spiro atoms. The van der Waals surface area contributed by atoms with Gasteiger partial charge in [-0.25, -0.2) is 4.39 Å². The molecule has 2 aliphatic heterocycles. The lowest BCUT2D eigenvalue weighted by Gasteiger charge is -2.41. The molecule has 1 radical (unpaired) electrons. The van der Waals surface area contributed by atoms with Crippen molar-refractivity contribution >= 4 is 11.6 Å². The standard InChI is InChI=1S/C20H26FN2O2/c21-17-4-1-2-5-18(17)22-12-3-10-20(14-22)11-13-23(19(20)25)15-6-8-16(24)9-7-15/h2,4-5,15-16,24H,3,6-14H2/t15-,16-,20-/m1/s1. The number of halogens is 1. The van der Waals surface area contributed by atoms with Crippen LogP contribution in [-0.2, 0) is 4.79 Å². The summed E-state index contributed by atoms with van der Waals surface area (Å²) in [4.78, 5) is 17.4. The van der Waals surface area contributed by atoms with Gasteiger partial charge < -0.3 is 14.9 Å². The molecule has 5 heteroatoms. The monoisotopic (exact) mass is 345 g/mol. The van der Waals surface area contributed by atoms with Crippen LogP contribution >= 0.6 is 0 Å². The highest BCUT2D eigenvalue weighted by molar-refractivity contribution is 5.86. The van der Waals surface area contributed by atoms with Crippen molar-refractivity contribution in [3.05, 3.63) is 30.1 Å². The van der Waals surface area contributed by atoms with Crippen molar-refractivity contribution in [2.75, 3.05) is 24.5 Å². The summed E-state index contributed by atoms with van der Waals surface area (Å²) in [6, 6.07) is 7.90. The minimum absolute atomic E-state index is 0.203. The first-order valence-corrected chi connectivity index (χ1v) is 9.49. The molecule has 4 rings (SSSR count).